The van der Waals surface area contributed by atoms with E-state index in [2.05, 4.69) is 15.2 Å². The Bertz CT molecular complexity index is 816. The number of pyridine rings is 1. The van der Waals surface area contributed by atoms with E-state index in [4.69, 9.17) is 4.74 Å². The molecule has 3 rings (SSSR count). The molecule has 1 saturated heterocycles. The summed E-state index contributed by atoms with van der Waals surface area (Å²) in [6.07, 6.45) is 1.49. The van der Waals surface area contributed by atoms with Crippen molar-refractivity contribution in [2.75, 3.05) is 45.2 Å². The lowest BCUT2D eigenvalue weighted by Crippen LogP contribution is -2.47. The van der Waals surface area contributed by atoms with Crippen molar-refractivity contribution in [1.82, 2.24) is 14.8 Å². The largest absolute Gasteiger partial charge is 0.492 e. The molecule has 1 aromatic heterocycles. The summed E-state index contributed by atoms with van der Waals surface area (Å²) in [4.78, 5) is 33.4. The average molecular weight is 368 g/mol. The normalized spacial score (nSPS) is 14.7. The number of para-hydroxylation sites is 2. The number of ether oxygens (including phenoxy) is 1. The second-order valence-electron chi connectivity index (χ2n) is 6.41. The van der Waals surface area contributed by atoms with E-state index in [1.807, 2.05) is 26.1 Å². The molecule has 0 spiro atoms. The van der Waals surface area contributed by atoms with Crippen molar-refractivity contribution < 1.29 is 14.3 Å². The first-order valence-corrected chi connectivity index (χ1v) is 9.05. The van der Waals surface area contributed by atoms with E-state index >= 15 is 0 Å². The lowest BCUT2D eigenvalue weighted by atomic mass is 10.2. The molecule has 0 saturated carbocycles. The smallest absolute Gasteiger partial charge is 0.272 e. The van der Waals surface area contributed by atoms with Crippen LogP contribution in [0.5, 0.6) is 5.75 Å². The molecule has 0 radical (unpaired) electrons. The summed E-state index contributed by atoms with van der Waals surface area (Å²) in [5, 5.41) is 2.84. The third-order valence-corrected chi connectivity index (χ3v) is 4.47. The first-order chi connectivity index (χ1) is 13.1. The van der Waals surface area contributed by atoms with Crippen molar-refractivity contribution in [3.05, 3.63) is 53.9 Å². The van der Waals surface area contributed by atoms with Crippen LogP contribution >= 0.6 is 0 Å². The first kappa shape index (κ1) is 18.8. The molecular formula is C20H24N4O3. The molecule has 142 valence electrons. The summed E-state index contributed by atoms with van der Waals surface area (Å²) < 4.78 is 5.53. The molecule has 1 aliphatic rings. The van der Waals surface area contributed by atoms with Crippen molar-refractivity contribution in [3.8, 4) is 5.75 Å². The van der Waals surface area contributed by atoms with Gasteiger partial charge in [0.15, 0.2) is 0 Å². The second kappa shape index (κ2) is 8.64. The Morgan fingerprint density at radius 1 is 1.15 bits per heavy atom. The van der Waals surface area contributed by atoms with Crippen molar-refractivity contribution in [2.24, 2.45) is 0 Å². The zero-order valence-electron chi connectivity index (χ0n) is 15.6. The van der Waals surface area contributed by atoms with Crippen LogP contribution in [0.4, 0.5) is 5.69 Å². The lowest BCUT2D eigenvalue weighted by Gasteiger charge is -2.32. The minimum absolute atomic E-state index is 0.146. The monoisotopic (exact) mass is 368 g/mol. The Hall–Kier alpha value is -2.93. The van der Waals surface area contributed by atoms with Crippen LogP contribution in [0.2, 0.25) is 0 Å². The summed E-state index contributed by atoms with van der Waals surface area (Å²) in [5.41, 5.74) is 1.26. The van der Waals surface area contributed by atoms with Crippen LogP contribution in [-0.2, 0) is 0 Å². The molecule has 1 fully saturated rings. The third kappa shape index (κ3) is 4.62. The molecule has 27 heavy (non-hydrogen) atoms. The highest BCUT2D eigenvalue weighted by atomic mass is 16.5. The van der Waals surface area contributed by atoms with Gasteiger partial charge in [0.05, 0.1) is 12.3 Å². The zero-order valence-corrected chi connectivity index (χ0v) is 15.6. The third-order valence-electron chi connectivity index (χ3n) is 4.47. The number of nitrogens with one attached hydrogen (secondary N) is 1. The van der Waals surface area contributed by atoms with Crippen LogP contribution in [0.3, 0.4) is 0 Å². The van der Waals surface area contributed by atoms with Crippen LogP contribution in [0.15, 0.2) is 42.6 Å². The van der Waals surface area contributed by atoms with Gasteiger partial charge in [0.25, 0.3) is 11.8 Å². The molecule has 1 aromatic carbocycles. The number of nitrogens with zero attached hydrogens (tertiary/aromatic N) is 3. The maximum Gasteiger partial charge on any atom is 0.272 e. The van der Waals surface area contributed by atoms with Crippen LogP contribution in [0, 0.1) is 0 Å². The number of carbonyl (C=O) groups excluding carboxylic acids is 2. The highest BCUT2D eigenvalue weighted by molar-refractivity contribution is 6.06. The molecule has 1 N–H and O–H groups in total. The van der Waals surface area contributed by atoms with Gasteiger partial charge in [-0.25, -0.2) is 0 Å². The fourth-order valence-corrected chi connectivity index (χ4v) is 2.91. The molecular weight excluding hydrogens is 344 g/mol. The molecule has 2 heterocycles. The van der Waals surface area contributed by atoms with Gasteiger partial charge in [-0.2, -0.15) is 0 Å². The van der Waals surface area contributed by atoms with Crippen LogP contribution in [0.25, 0.3) is 0 Å². The molecule has 0 unspecified atom stereocenters. The van der Waals surface area contributed by atoms with Crippen molar-refractivity contribution in [1.29, 1.82) is 0 Å². The Morgan fingerprint density at radius 3 is 2.63 bits per heavy atom. The van der Waals surface area contributed by atoms with E-state index in [1.165, 1.54) is 6.20 Å². The van der Waals surface area contributed by atoms with Crippen LogP contribution < -0.4 is 10.1 Å². The van der Waals surface area contributed by atoms with Crippen molar-refractivity contribution in [2.45, 2.75) is 6.92 Å². The first-order valence-electron chi connectivity index (χ1n) is 9.05. The number of piperazine rings is 1. The molecule has 1 aliphatic heterocycles. The molecule has 2 amide bonds. The van der Waals surface area contributed by atoms with Gasteiger partial charge < -0.3 is 19.9 Å². The fraction of sp³-hybridized carbons (Fsp3) is 0.350. The standard InChI is InChI=1S/C20H24N4O3/c1-3-27-18-7-5-4-6-16(18)22-19(25)15-8-9-21-17(14-15)20(26)24-12-10-23(2)11-13-24/h4-9,14H,3,10-13H2,1-2H3,(H,22,25). The minimum atomic E-state index is -0.308. The molecule has 0 aliphatic carbocycles. The van der Waals surface area contributed by atoms with E-state index < -0.39 is 0 Å². The topological polar surface area (TPSA) is 74.8 Å². The van der Waals surface area contributed by atoms with Gasteiger partial charge in [-0.05, 0) is 38.2 Å². The van der Waals surface area contributed by atoms with Crippen molar-refractivity contribution in [3.63, 3.8) is 0 Å². The molecule has 2 aromatic rings. The predicted molar refractivity (Wildman–Crippen MR) is 103 cm³/mol. The highest BCUT2D eigenvalue weighted by Gasteiger charge is 2.22. The molecule has 7 nitrogen and oxygen atoms in total. The fourth-order valence-electron chi connectivity index (χ4n) is 2.91. The van der Waals surface area contributed by atoms with Gasteiger partial charge in [-0.15, -0.1) is 0 Å². The molecule has 7 heteroatoms. The molecule has 0 atom stereocenters. The minimum Gasteiger partial charge on any atom is -0.492 e. The summed E-state index contributed by atoms with van der Waals surface area (Å²) >= 11 is 0. The van der Waals surface area contributed by atoms with E-state index in [0.29, 0.717) is 36.7 Å². The van der Waals surface area contributed by atoms with Gasteiger partial charge >= 0.3 is 0 Å². The quantitative estimate of drug-likeness (QED) is 0.875. The lowest BCUT2D eigenvalue weighted by molar-refractivity contribution is 0.0658. The maximum absolute atomic E-state index is 12.7. The number of benzene rings is 1. The number of rotatable bonds is 5. The number of hydrogen-bond acceptors (Lipinski definition) is 5. The Balaban J connectivity index is 1.73. The second-order valence-corrected chi connectivity index (χ2v) is 6.41. The summed E-state index contributed by atoms with van der Waals surface area (Å²) in [5.74, 6) is 0.153. The zero-order chi connectivity index (χ0) is 19.2. The van der Waals surface area contributed by atoms with E-state index in [0.717, 1.165) is 13.1 Å². The summed E-state index contributed by atoms with van der Waals surface area (Å²) in [6, 6.07) is 10.4. The summed E-state index contributed by atoms with van der Waals surface area (Å²) in [6.45, 7) is 5.38. The number of anilines is 1. The summed E-state index contributed by atoms with van der Waals surface area (Å²) in [7, 11) is 2.03. The predicted octanol–water partition coefficient (Wildman–Crippen LogP) is 2.12. The van der Waals surface area contributed by atoms with Gasteiger partial charge in [-0.1, -0.05) is 12.1 Å². The molecule has 0 bridgehead atoms. The number of aromatic nitrogens is 1. The number of likely N-dealkylation sites (N-methyl/N-ethyl adjacent to an activating group) is 1. The Kier molecular flexibility index (Phi) is 6.03. The Morgan fingerprint density at radius 2 is 1.89 bits per heavy atom. The van der Waals surface area contributed by atoms with E-state index in [1.54, 1.807) is 29.2 Å². The highest BCUT2D eigenvalue weighted by Crippen LogP contribution is 2.24. The number of carbonyl (C=O) groups is 2. The average Bonchev–Trinajstić information content (AvgIpc) is 2.70. The van der Waals surface area contributed by atoms with Crippen LogP contribution in [-0.4, -0.2) is 66.4 Å². The number of amides is 2. The van der Waals surface area contributed by atoms with Gasteiger partial charge in [0.2, 0.25) is 0 Å². The number of hydrogen-bond donors (Lipinski definition) is 1. The SMILES string of the molecule is CCOc1ccccc1NC(=O)c1ccnc(C(=O)N2CCN(C)CC2)c1. The van der Waals surface area contributed by atoms with E-state index in [9.17, 15) is 9.59 Å². The Labute approximate surface area is 158 Å². The van der Waals surface area contributed by atoms with E-state index in [-0.39, 0.29) is 17.5 Å². The van der Waals surface area contributed by atoms with Gasteiger partial charge in [0, 0.05) is 37.9 Å². The van der Waals surface area contributed by atoms with Gasteiger partial charge in [0.1, 0.15) is 11.4 Å². The van der Waals surface area contributed by atoms with Crippen molar-refractivity contribution >= 4 is 17.5 Å². The van der Waals surface area contributed by atoms with Gasteiger partial charge in [-0.3, -0.25) is 14.6 Å². The maximum atomic E-state index is 12.7. The van der Waals surface area contributed by atoms with Crippen LogP contribution in [0.1, 0.15) is 27.8 Å².